The van der Waals surface area contributed by atoms with Gasteiger partial charge in [-0.15, -0.1) is 22.7 Å². The number of carbonyl (C=O) groups excluding carboxylic acids is 2. The largest absolute Gasteiger partial charge is 0.504 e. The molecule has 6 aromatic heterocycles. The second-order valence-corrected chi connectivity index (χ2v) is 10.7. The number of nitrogens with zero attached hydrogens (tertiary/aromatic N) is 6. The molecule has 0 saturated carbocycles. The summed E-state index contributed by atoms with van der Waals surface area (Å²) in [6, 6.07) is 7.28. The number of thiazole rings is 2. The predicted molar refractivity (Wildman–Crippen MR) is 161 cm³/mol. The highest BCUT2D eigenvalue weighted by molar-refractivity contribution is 7.22. The number of ether oxygens (including phenoxy) is 1. The van der Waals surface area contributed by atoms with Crippen LogP contribution in [0.2, 0.25) is 0 Å². The highest BCUT2D eigenvalue weighted by Crippen LogP contribution is 2.37. The van der Waals surface area contributed by atoms with E-state index < -0.39 is 24.4 Å². The third kappa shape index (κ3) is 6.40. The Morgan fingerprint density at radius 3 is 1.82 bits per heavy atom. The summed E-state index contributed by atoms with van der Waals surface area (Å²) in [5.74, 6) is -3.11. The van der Waals surface area contributed by atoms with E-state index in [1.165, 1.54) is 35.1 Å². The van der Waals surface area contributed by atoms with Crippen LogP contribution in [-0.4, -0.2) is 76.2 Å². The minimum Gasteiger partial charge on any atom is -0.504 e. The van der Waals surface area contributed by atoms with Crippen LogP contribution in [0.5, 0.6) is 11.5 Å². The second-order valence-electron chi connectivity index (χ2n) is 8.66. The van der Waals surface area contributed by atoms with Crippen molar-refractivity contribution in [2.45, 2.75) is 6.92 Å². The fourth-order valence-corrected chi connectivity index (χ4v) is 5.69. The van der Waals surface area contributed by atoms with Crippen LogP contribution in [0.1, 0.15) is 27.9 Å². The van der Waals surface area contributed by atoms with Crippen molar-refractivity contribution in [2.24, 2.45) is 0 Å². The lowest BCUT2D eigenvalue weighted by Crippen LogP contribution is -2.29. The van der Waals surface area contributed by atoms with Gasteiger partial charge in [-0.25, -0.2) is 24.7 Å². The average molecular weight is 632 g/mol. The molecule has 14 nitrogen and oxygen atoms in total. The van der Waals surface area contributed by atoms with Crippen molar-refractivity contribution in [1.82, 2.24) is 35.2 Å². The number of aromatic nitrogens is 6. The number of pyridine rings is 4. The van der Waals surface area contributed by atoms with Gasteiger partial charge in [0, 0.05) is 35.9 Å². The van der Waals surface area contributed by atoms with E-state index in [4.69, 9.17) is 9.84 Å². The van der Waals surface area contributed by atoms with E-state index in [0.29, 0.717) is 30.4 Å². The van der Waals surface area contributed by atoms with Gasteiger partial charge in [0.05, 0.1) is 19.0 Å². The molecule has 0 unspecified atom stereocenters. The summed E-state index contributed by atoms with van der Waals surface area (Å²) in [6.07, 6.45) is 9.46. The lowest BCUT2D eigenvalue weighted by Gasteiger charge is -2.03. The van der Waals surface area contributed by atoms with Crippen molar-refractivity contribution in [3.63, 3.8) is 0 Å². The predicted octanol–water partition coefficient (Wildman–Crippen LogP) is 3.91. The Balaban J connectivity index is 0.000000175. The molecule has 6 heterocycles. The second kappa shape index (κ2) is 13.1. The number of hydrogen-bond donors (Lipinski definition) is 4. The monoisotopic (exact) mass is 631 g/mol. The molecule has 1 amide bonds. The van der Waals surface area contributed by atoms with Crippen molar-refractivity contribution in [3.8, 4) is 32.6 Å². The van der Waals surface area contributed by atoms with Crippen LogP contribution in [-0.2, 0) is 9.53 Å². The maximum Gasteiger partial charge on any atom is 0.360 e. The van der Waals surface area contributed by atoms with Crippen molar-refractivity contribution >= 4 is 61.0 Å². The van der Waals surface area contributed by atoms with E-state index in [0.717, 1.165) is 11.1 Å². The molecule has 6 rings (SSSR count). The molecule has 0 saturated heterocycles. The molecule has 0 aliphatic heterocycles. The highest BCUT2D eigenvalue weighted by Gasteiger charge is 2.21. The van der Waals surface area contributed by atoms with Crippen LogP contribution in [0.4, 0.5) is 0 Å². The maximum absolute atomic E-state index is 11.9. The molecule has 0 spiro atoms. The van der Waals surface area contributed by atoms with Crippen molar-refractivity contribution in [2.75, 3.05) is 13.2 Å². The number of nitrogens with one attached hydrogen (secondary N) is 1. The molecule has 0 fully saturated rings. The molecule has 6 aromatic rings. The molecule has 0 radical (unpaired) electrons. The Labute approximate surface area is 255 Å². The molecule has 222 valence electrons. The van der Waals surface area contributed by atoms with E-state index in [2.05, 4.69) is 35.2 Å². The van der Waals surface area contributed by atoms with Crippen LogP contribution in [0, 0.1) is 0 Å². The molecule has 4 N–H and O–H groups in total. The van der Waals surface area contributed by atoms with Gasteiger partial charge in [-0.2, -0.15) is 0 Å². The van der Waals surface area contributed by atoms with Crippen LogP contribution in [0.3, 0.4) is 0 Å². The zero-order valence-electron chi connectivity index (χ0n) is 22.7. The van der Waals surface area contributed by atoms with Crippen LogP contribution < -0.4 is 5.32 Å². The topological polar surface area (TPSA) is 210 Å². The normalized spacial score (nSPS) is 10.7. The average Bonchev–Trinajstić information content (AvgIpc) is 3.68. The Kier molecular flexibility index (Phi) is 8.92. The SMILES string of the molecule is CCOC(=O)c1ncc2nc(-c3cccnc3)sc2c1O.O=C(O)CNC(=O)c1ncc2nc(-c3cccnc3)sc2c1O. The molecule has 0 bridgehead atoms. The van der Waals surface area contributed by atoms with E-state index in [9.17, 15) is 24.6 Å². The number of aliphatic carboxylic acids is 1. The fraction of sp³-hybridized carbons (Fsp3) is 0.107. The number of amides is 1. The van der Waals surface area contributed by atoms with Gasteiger partial charge in [0.2, 0.25) is 0 Å². The Morgan fingerprint density at radius 1 is 0.818 bits per heavy atom. The van der Waals surface area contributed by atoms with E-state index in [1.807, 2.05) is 18.2 Å². The minimum atomic E-state index is -1.18. The first kappa shape index (κ1) is 29.9. The third-order valence-corrected chi connectivity index (χ3v) is 7.97. The van der Waals surface area contributed by atoms with Gasteiger partial charge in [0.25, 0.3) is 5.91 Å². The van der Waals surface area contributed by atoms with Gasteiger partial charge in [0.1, 0.15) is 37.0 Å². The van der Waals surface area contributed by atoms with Gasteiger partial charge in [-0.05, 0) is 31.2 Å². The molecule has 16 heteroatoms. The summed E-state index contributed by atoms with van der Waals surface area (Å²) in [5.41, 5.74) is 2.28. The molecule has 0 aromatic carbocycles. The Hall–Kier alpha value is -5.61. The highest BCUT2D eigenvalue weighted by atomic mass is 32.1. The number of esters is 1. The molecule has 0 atom stereocenters. The lowest BCUT2D eigenvalue weighted by molar-refractivity contribution is -0.135. The fourth-order valence-electron chi connectivity index (χ4n) is 3.75. The minimum absolute atomic E-state index is 0.0919. The quantitative estimate of drug-likeness (QED) is 0.184. The Morgan fingerprint density at radius 2 is 1.34 bits per heavy atom. The summed E-state index contributed by atoms with van der Waals surface area (Å²) < 4.78 is 5.77. The summed E-state index contributed by atoms with van der Waals surface area (Å²) >= 11 is 2.47. The first-order valence-electron chi connectivity index (χ1n) is 12.7. The molecular formula is C28H21N7O7S2. The molecular weight excluding hydrogens is 610 g/mol. The number of hydrogen-bond acceptors (Lipinski definition) is 14. The summed E-state index contributed by atoms with van der Waals surface area (Å²) in [5, 5.41) is 32.5. The molecule has 0 aliphatic carbocycles. The molecule has 0 aliphatic rings. The van der Waals surface area contributed by atoms with Gasteiger partial charge in [-0.3, -0.25) is 19.6 Å². The van der Waals surface area contributed by atoms with Gasteiger partial charge in [-0.1, -0.05) is 0 Å². The van der Waals surface area contributed by atoms with E-state index in [-0.39, 0.29) is 29.5 Å². The third-order valence-electron chi connectivity index (χ3n) is 5.72. The zero-order valence-corrected chi connectivity index (χ0v) is 24.3. The summed E-state index contributed by atoms with van der Waals surface area (Å²) in [7, 11) is 0. The number of fused-ring (bicyclic) bond motifs is 2. The van der Waals surface area contributed by atoms with Gasteiger partial charge in [0.15, 0.2) is 22.9 Å². The Bertz CT molecular complexity index is 1980. The van der Waals surface area contributed by atoms with E-state index in [1.54, 1.807) is 37.8 Å². The van der Waals surface area contributed by atoms with Crippen LogP contribution in [0.25, 0.3) is 41.6 Å². The molecule has 44 heavy (non-hydrogen) atoms. The number of carboxylic acid groups (broad SMARTS) is 1. The summed E-state index contributed by atoms with van der Waals surface area (Å²) in [6.45, 7) is 1.36. The van der Waals surface area contributed by atoms with Crippen LogP contribution >= 0.6 is 22.7 Å². The van der Waals surface area contributed by atoms with Gasteiger partial charge >= 0.3 is 11.9 Å². The number of rotatable bonds is 7. The van der Waals surface area contributed by atoms with Crippen molar-refractivity contribution < 1.29 is 34.4 Å². The van der Waals surface area contributed by atoms with Gasteiger partial charge < -0.3 is 25.4 Å². The number of carboxylic acids is 1. The lowest BCUT2D eigenvalue weighted by atomic mass is 10.3. The first-order valence-corrected chi connectivity index (χ1v) is 14.3. The van der Waals surface area contributed by atoms with Crippen molar-refractivity contribution in [1.29, 1.82) is 0 Å². The summed E-state index contributed by atoms with van der Waals surface area (Å²) in [4.78, 5) is 58.7. The maximum atomic E-state index is 11.9. The smallest absolute Gasteiger partial charge is 0.360 e. The first-order chi connectivity index (χ1) is 21.3. The number of carbonyl (C=O) groups is 3. The zero-order chi connectivity index (χ0) is 31.2. The standard InChI is InChI=1S/C14H10N4O4S.C14H11N3O3S/c19-9(20)6-17-13(22)10-11(21)12-8(5-16-10)18-14(23-12)7-2-1-3-15-4-7;1-2-20-14(19)10-11(18)12-9(7-16-10)17-13(21-12)8-4-3-5-15-6-8/h1-5,21H,6H2,(H,17,22)(H,19,20);3-7,18H,2H2,1H3. The van der Waals surface area contributed by atoms with Crippen molar-refractivity contribution in [3.05, 3.63) is 72.8 Å². The van der Waals surface area contributed by atoms with Crippen LogP contribution in [0.15, 0.2) is 61.4 Å². The number of aromatic hydroxyl groups is 2. The van der Waals surface area contributed by atoms with E-state index >= 15 is 0 Å².